The van der Waals surface area contributed by atoms with Crippen LogP contribution in [0.4, 0.5) is 5.82 Å². The van der Waals surface area contributed by atoms with Crippen LogP contribution in [0, 0.1) is 0 Å². The molecule has 0 aliphatic carbocycles. The fraction of sp³-hybridized carbons (Fsp3) is 0.333. The number of nitrogens with zero attached hydrogens (tertiary/aromatic N) is 5. The van der Waals surface area contributed by atoms with E-state index in [1.807, 2.05) is 0 Å². The number of hydrogen-bond donors (Lipinski definition) is 1. The predicted molar refractivity (Wildman–Crippen MR) is 53.4 cm³/mol. The summed E-state index contributed by atoms with van der Waals surface area (Å²) in [6, 6.07) is 0. The van der Waals surface area contributed by atoms with E-state index in [-0.39, 0.29) is 0 Å². The Hall–Kier alpha value is -1.21. The second-order valence-electron chi connectivity index (χ2n) is 2.50. The van der Waals surface area contributed by atoms with E-state index in [2.05, 4.69) is 24.4 Å². The second kappa shape index (κ2) is 4.34. The molecule has 6 nitrogen and oxygen atoms in total. The topological polar surface area (TPSA) is 68.5 Å². The molecule has 0 unspecified atom stereocenters. The molecule has 0 saturated heterocycles. The molecule has 0 aromatic carbocycles. The minimum atomic E-state index is 0.411. The van der Waals surface area contributed by atoms with Crippen molar-refractivity contribution in [3.8, 4) is 0 Å². The van der Waals surface area contributed by atoms with Crippen LogP contribution >= 0.6 is 23.3 Å². The second-order valence-corrected chi connectivity index (χ2v) is 3.38. The van der Waals surface area contributed by atoms with Gasteiger partial charge in [0.05, 0.1) is 24.5 Å². The predicted octanol–water partition coefficient (Wildman–Crippen LogP) is 0.895. The number of halogens is 1. The molecule has 0 amide bonds. The first-order chi connectivity index (χ1) is 6.86. The van der Waals surface area contributed by atoms with Crippen molar-refractivity contribution in [3.63, 3.8) is 0 Å². The average molecular weight is 231 g/mol. The summed E-state index contributed by atoms with van der Waals surface area (Å²) in [5.74, 6) is 0.622. The molecule has 14 heavy (non-hydrogen) atoms. The molecule has 1 N–H and O–H groups in total. The maximum absolute atomic E-state index is 5.74. The monoisotopic (exact) mass is 230 g/mol. The molecular weight excluding hydrogens is 224 g/mol. The number of rotatable bonds is 4. The Morgan fingerprint density at radius 2 is 2.43 bits per heavy atom. The lowest BCUT2D eigenvalue weighted by atomic mass is 10.6. The number of aromatic nitrogens is 5. The van der Waals surface area contributed by atoms with Gasteiger partial charge in [-0.05, 0) is 0 Å². The van der Waals surface area contributed by atoms with Gasteiger partial charge in [0.2, 0.25) is 0 Å². The molecule has 0 bridgehead atoms. The number of nitrogens with one attached hydrogen (secondary N) is 1. The third-order valence-electron chi connectivity index (χ3n) is 1.55. The Labute approximate surface area is 89.2 Å². The van der Waals surface area contributed by atoms with E-state index < -0.39 is 0 Å². The third-order valence-corrected chi connectivity index (χ3v) is 2.45. The van der Waals surface area contributed by atoms with Crippen molar-refractivity contribution in [2.75, 3.05) is 11.9 Å². The first kappa shape index (κ1) is 9.35. The molecule has 2 rings (SSSR count). The van der Waals surface area contributed by atoms with E-state index in [0.29, 0.717) is 24.1 Å². The summed E-state index contributed by atoms with van der Waals surface area (Å²) >= 11 is 6.82. The van der Waals surface area contributed by atoms with Crippen molar-refractivity contribution in [2.24, 2.45) is 0 Å². The molecule has 0 saturated carbocycles. The molecule has 8 heteroatoms. The lowest BCUT2D eigenvalue weighted by molar-refractivity contribution is 0.608. The Kier molecular flexibility index (Phi) is 2.90. The van der Waals surface area contributed by atoms with Crippen LogP contribution in [-0.2, 0) is 6.54 Å². The van der Waals surface area contributed by atoms with Gasteiger partial charge in [0.15, 0.2) is 11.0 Å². The van der Waals surface area contributed by atoms with Gasteiger partial charge in [0.25, 0.3) is 0 Å². The van der Waals surface area contributed by atoms with Crippen LogP contribution in [0.5, 0.6) is 0 Å². The summed E-state index contributed by atoms with van der Waals surface area (Å²) in [4.78, 5) is 0. The van der Waals surface area contributed by atoms with E-state index in [1.165, 1.54) is 0 Å². The molecule has 0 aliphatic heterocycles. The lowest BCUT2D eigenvalue weighted by Gasteiger charge is -2.01. The van der Waals surface area contributed by atoms with Gasteiger partial charge >= 0.3 is 0 Å². The highest BCUT2D eigenvalue weighted by Gasteiger charge is 2.03. The van der Waals surface area contributed by atoms with Crippen LogP contribution in [0.1, 0.15) is 0 Å². The van der Waals surface area contributed by atoms with Crippen molar-refractivity contribution in [1.29, 1.82) is 0 Å². The van der Waals surface area contributed by atoms with E-state index in [9.17, 15) is 0 Å². The fourth-order valence-electron chi connectivity index (χ4n) is 0.924. The van der Waals surface area contributed by atoms with Crippen molar-refractivity contribution < 1.29 is 0 Å². The van der Waals surface area contributed by atoms with Gasteiger partial charge in [-0.1, -0.05) is 16.8 Å². The molecule has 74 valence electrons. The molecule has 0 atom stereocenters. The zero-order valence-corrected chi connectivity index (χ0v) is 8.66. The maximum atomic E-state index is 5.74. The van der Waals surface area contributed by atoms with Crippen LogP contribution in [0.3, 0.4) is 0 Å². The first-order valence-corrected chi connectivity index (χ1v) is 5.03. The van der Waals surface area contributed by atoms with Gasteiger partial charge in [-0.3, -0.25) is 4.68 Å². The van der Waals surface area contributed by atoms with Crippen LogP contribution in [0.15, 0.2) is 12.4 Å². The van der Waals surface area contributed by atoms with Gasteiger partial charge in [0, 0.05) is 12.7 Å². The summed E-state index contributed by atoms with van der Waals surface area (Å²) in [5.41, 5.74) is 0. The highest BCUT2D eigenvalue weighted by atomic mass is 35.5. The van der Waals surface area contributed by atoms with E-state index in [1.54, 1.807) is 17.1 Å². The SMILES string of the molecule is Clc1nsnc1NCCn1ccnn1. The zero-order valence-electron chi connectivity index (χ0n) is 7.09. The Morgan fingerprint density at radius 3 is 3.07 bits per heavy atom. The Morgan fingerprint density at radius 1 is 1.50 bits per heavy atom. The third kappa shape index (κ3) is 2.18. The van der Waals surface area contributed by atoms with E-state index in [0.717, 1.165) is 11.7 Å². The Bertz CT molecular complexity index is 385. The summed E-state index contributed by atoms with van der Waals surface area (Å²) in [6.45, 7) is 1.41. The van der Waals surface area contributed by atoms with Crippen LogP contribution < -0.4 is 5.32 Å². The Balaban J connectivity index is 1.81. The molecule has 0 fully saturated rings. The highest BCUT2D eigenvalue weighted by molar-refractivity contribution is 6.99. The quantitative estimate of drug-likeness (QED) is 0.845. The van der Waals surface area contributed by atoms with Gasteiger partial charge in [0.1, 0.15) is 0 Å². The van der Waals surface area contributed by atoms with Crippen LogP contribution in [0.2, 0.25) is 5.15 Å². The highest BCUT2D eigenvalue weighted by Crippen LogP contribution is 2.16. The van der Waals surface area contributed by atoms with Crippen LogP contribution in [-0.4, -0.2) is 30.3 Å². The zero-order chi connectivity index (χ0) is 9.80. The van der Waals surface area contributed by atoms with Crippen LogP contribution in [0.25, 0.3) is 0 Å². The van der Waals surface area contributed by atoms with Crippen molar-refractivity contribution >= 4 is 29.1 Å². The van der Waals surface area contributed by atoms with E-state index >= 15 is 0 Å². The largest absolute Gasteiger partial charge is 0.365 e. The maximum Gasteiger partial charge on any atom is 0.186 e. The number of anilines is 1. The van der Waals surface area contributed by atoms with Gasteiger partial charge in [-0.25, -0.2) is 0 Å². The van der Waals surface area contributed by atoms with Crippen molar-refractivity contribution in [1.82, 2.24) is 23.7 Å². The summed E-state index contributed by atoms with van der Waals surface area (Å²) in [5, 5.41) is 11.0. The summed E-state index contributed by atoms with van der Waals surface area (Å²) < 4.78 is 9.53. The average Bonchev–Trinajstić information content (AvgIpc) is 2.78. The molecule has 2 heterocycles. The van der Waals surface area contributed by atoms with Gasteiger partial charge < -0.3 is 5.32 Å². The van der Waals surface area contributed by atoms with Crippen molar-refractivity contribution in [2.45, 2.75) is 6.54 Å². The minimum absolute atomic E-state index is 0.411. The minimum Gasteiger partial charge on any atom is -0.365 e. The molecule has 0 spiro atoms. The lowest BCUT2D eigenvalue weighted by Crippen LogP contribution is -2.11. The van der Waals surface area contributed by atoms with E-state index in [4.69, 9.17) is 11.6 Å². The molecule has 2 aromatic rings. The molecular formula is C6H7ClN6S. The smallest absolute Gasteiger partial charge is 0.186 e. The molecule has 0 radical (unpaired) electrons. The number of hydrogen-bond acceptors (Lipinski definition) is 6. The summed E-state index contributed by atoms with van der Waals surface area (Å²) in [7, 11) is 0. The standard InChI is InChI=1S/C6H7ClN6S/c7-5-6(11-14-10-5)8-1-3-13-4-2-9-12-13/h2,4H,1,3H2,(H,8,11). The van der Waals surface area contributed by atoms with Crippen molar-refractivity contribution in [3.05, 3.63) is 17.5 Å². The molecule has 0 aliphatic rings. The molecule has 2 aromatic heterocycles. The summed E-state index contributed by atoms with van der Waals surface area (Å²) in [6.07, 6.45) is 3.43. The first-order valence-electron chi connectivity index (χ1n) is 3.92. The van der Waals surface area contributed by atoms with Gasteiger partial charge in [-0.15, -0.1) is 5.10 Å². The normalized spacial score (nSPS) is 10.4. The fourth-order valence-corrected chi connectivity index (χ4v) is 1.61. The van der Waals surface area contributed by atoms with Gasteiger partial charge in [-0.2, -0.15) is 8.75 Å².